The molecule has 0 aliphatic carbocycles. The zero-order chi connectivity index (χ0) is 16.2. The summed E-state index contributed by atoms with van der Waals surface area (Å²) < 4.78 is 1.40. The standard InChI is InChI=1S/C14H18N4O3S/c1-14(2,12-4-3-7-22-12)10-15-13(19)5-6-17-9-11(8-16-17)18(20)21/h3-4,7-9H,5-6,10H2,1-2H3,(H,15,19). The topological polar surface area (TPSA) is 90.1 Å². The fourth-order valence-electron chi connectivity index (χ4n) is 1.94. The monoisotopic (exact) mass is 322 g/mol. The van der Waals surface area contributed by atoms with Gasteiger partial charge in [-0.3, -0.25) is 19.6 Å². The van der Waals surface area contributed by atoms with Gasteiger partial charge in [0.2, 0.25) is 5.91 Å². The third kappa shape index (κ3) is 4.14. The molecule has 0 spiro atoms. The van der Waals surface area contributed by atoms with Gasteiger partial charge in [0.1, 0.15) is 12.4 Å². The molecule has 7 nitrogen and oxygen atoms in total. The Hall–Kier alpha value is -2.22. The van der Waals surface area contributed by atoms with Crippen LogP contribution < -0.4 is 5.32 Å². The van der Waals surface area contributed by atoms with Crippen molar-refractivity contribution in [2.45, 2.75) is 32.2 Å². The van der Waals surface area contributed by atoms with E-state index in [1.54, 1.807) is 11.3 Å². The molecule has 0 saturated heterocycles. The normalized spacial score (nSPS) is 11.4. The van der Waals surface area contributed by atoms with Crippen LogP contribution in [0.15, 0.2) is 29.9 Å². The lowest BCUT2D eigenvalue weighted by Crippen LogP contribution is -2.36. The smallest absolute Gasteiger partial charge is 0.306 e. The molecule has 0 aliphatic rings. The van der Waals surface area contributed by atoms with Gasteiger partial charge >= 0.3 is 5.69 Å². The summed E-state index contributed by atoms with van der Waals surface area (Å²) in [6.45, 7) is 5.02. The number of thiophene rings is 1. The van der Waals surface area contributed by atoms with Gasteiger partial charge in [-0.15, -0.1) is 11.3 Å². The van der Waals surface area contributed by atoms with Crippen LogP contribution in [0.5, 0.6) is 0 Å². The first-order valence-corrected chi connectivity index (χ1v) is 7.74. The van der Waals surface area contributed by atoms with Gasteiger partial charge in [0.05, 0.1) is 4.92 Å². The lowest BCUT2D eigenvalue weighted by Gasteiger charge is -2.23. The Bertz CT molecular complexity index is 649. The highest BCUT2D eigenvalue weighted by Crippen LogP contribution is 2.26. The molecular formula is C14H18N4O3S. The van der Waals surface area contributed by atoms with Gasteiger partial charge in [-0.25, -0.2) is 0 Å². The molecule has 0 aliphatic heterocycles. The van der Waals surface area contributed by atoms with Crippen molar-refractivity contribution >= 4 is 22.9 Å². The molecule has 2 aromatic heterocycles. The maximum absolute atomic E-state index is 11.9. The first kappa shape index (κ1) is 16.2. The number of aryl methyl sites for hydroxylation is 1. The Kier molecular flexibility index (Phi) is 4.92. The average Bonchev–Trinajstić information content (AvgIpc) is 3.13. The van der Waals surface area contributed by atoms with Crippen molar-refractivity contribution in [1.29, 1.82) is 0 Å². The van der Waals surface area contributed by atoms with Gasteiger partial charge in [-0.1, -0.05) is 19.9 Å². The number of nitrogens with zero attached hydrogens (tertiary/aromatic N) is 3. The molecule has 1 amide bonds. The van der Waals surface area contributed by atoms with Gasteiger partial charge < -0.3 is 5.32 Å². The van der Waals surface area contributed by atoms with Gasteiger partial charge in [0, 0.05) is 29.8 Å². The van der Waals surface area contributed by atoms with E-state index in [-0.39, 0.29) is 23.4 Å². The van der Waals surface area contributed by atoms with Crippen LogP contribution in [-0.4, -0.2) is 27.2 Å². The van der Waals surface area contributed by atoms with Crippen molar-refractivity contribution in [3.05, 3.63) is 44.9 Å². The van der Waals surface area contributed by atoms with E-state index in [9.17, 15) is 14.9 Å². The van der Waals surface area contributed by atoms with E-state index in [1.807, 2.05) is 11.4 Å². The zero-order valence-corrected chi connectivity index (χ0v) is 13.3. The summed E-state index contributed by atoms with van der Waals surface area (Å²) >= 11 is 1.67. The molecule has 2 rings (SSSR count). The van der Waals surface area contributed by atoms with E-state index in [2.05, 4.69) is 30.3 Å². The van der Waals surface area contributed by atoms with E-state index >= 15 is 0 Å². The summed E-state index contributed by atoms with van der Waals surface area (Å²) in [7, 11) is 0. The minimum atomic E-state index is -0.507. The quantitative estimate of drug-likeness (QED) is 0.626. The molecule has 0 bridgehead atoms. The zero-order valence-electron chi connectivity index (χ0n) is 12.5. The molecule has 2 aromatic rings. The third-order valence-corrected chi connectivity index (χ3v) is 4.55. The van der Waals surface area contributed by atoms with Crippen molar-refractivity contribution in [2.75, 3.05) is 6.54 Å². The Morgan fingerprint density at radius 3 is 2.91 bits per heavy atom. The second-order valence-corrected chi connectivity index (χ2v) is 6.55. The van der Waals surface area contributed by atoms with Gasteiger partial charge in [0.25, 0.3) is 0 Å². The average molecular weight is 322 g/mol. The Morgan fingerprint density at radius 2 is 2.32 bits per heavy atom. The number of rotatable bonds is 7. The van der Waals surface area contributed by atoms with Crippen LogP contribution in [0.2, 0.25) is 0 Å². The van der Waals surface area contributed by atoms with Gasteiger partial charge in [0.15, 0.2) is 0 Å². The van der Waals surface area contributed by atoms with Crippen molar-refractivity contribution in [3.8, 4) is 0 Å². The van der Waals surface area contributed by atoms with Gasteiger partial charge in [-0.2, -0.15) is 5.10 Å². The maximum Gasteiger partial charge on any atom is 0.306 e. The summed E-state index contributed by atoms with van der Waals surface area (Å²) in [5, 5.41) is 19.3. The number of amides is 1. The lowest BCUT2D eigenvalue weighted by molar-refractivity contribution is -0.385. The Morgan fingerprint density at radius 1 is 1.55 bits per heavy atom. The van der Waals surface area contributed by atoms with E-state index < -0.39 is 4.92 Å². The first-order chi connectivity index (χ1) is 10.4. The predicted molar refractivity (Wildman–Crippen MR) is 83.9 cm³/mol. The van der Waals surface area contributed by atoms with Crippen LogP contribution in [0.4, 0.5) is 5.69 Å². The van der Waals surface area contributed by atoms with Crippen molar-refractivity contribution in [2.24, 2.45) is 0 Å². The fourth-order valence-corrected chi connectivity index (χ4v) is 2.80. The number of nitrogens with one attached hydrogen (secondary N) is 1. The summed E-state index contributed by atoms with van der Waals surface area (Å²) in [5.74, 6) is -0.0946. The highest BCUT2D eigenvalue weighted by Gasteiger charge is 2.22. The molecule has 0 unspecified atom stereocenters. The Balaban J connectivity index is 1.79. The molecule has 0 aromatic carbocycles. The van der Waals surface area contributed by atoms with Crippen LogP contribution in [0, 0.1) is 10.1 Å². The van der Waals surface area contributed by atoms with Crippen LogP contribution in [0.3, 0.4) is 0 Å². The van der Waals surface area contributed by atoms with Gasteiger partial charge in [-0.05, 0) is 11.4 Å². The van der Waals surface area contributed by atoms with Crippen LogP contribution in [-0.2, 0) is 16.8 Å². The highest BCUT2D eigenvalue weighted by molar-refractivity contribution is 7.10. The van der Waals surface area contributed by atoms with Crippen LogP contribution in [0.1, 0.15) is 25.1 Å². The minimum Gasteiger partial charge on any atom is -0.355 e. The van der Waals surface area contributed by atoms with Crippen LogP contribution in [0.25, 0.3) is 0 Å². The van der Waals surface area contributed by atoms with E-state index in [1.165, 1.54) is 22.0 Å². The predicted octanol–water partition coefficient (Wildman–Crippen LogP) is 2.34. The highest BCUT2D eigenvalue weighted by atomic mass is 32.1. The lowest BCUT2D eigenvalue weighted by atomic mass is 9.91. The maximum atomic E-state index is 11.9. The fraction of sp³-hybridized carbons (Fsp3) is 0.429. The molecule has 1 N–H and O–H groups in total. The molecule has 0 fully saturated rings. The summed E-state index contributed by atoms with van der Waals surface area (Å²) in [6, 6.07) is 4.05. The third-order valence-electron chi connectivity index (χ3n) is 3.31. The van der Waals surface area contributed by atoms with E-state index in [4.69, 9.17) is 0 Å². The molecule has 0 atom stereocenters. The molecular weight excluding hydrogens is 304 g/mol. The van der Waals surface area contributed by atoms with Crippen molar-refractivity contribution in [3.63, 3.8) is 0 Å². The minimum absolute atomic E-state index is 0.0702. The molecule has 22 heavy (non-hydrogen) atoms. The first-order valence-electron chi connectivity index (χ1n) is 6.86. The number of carbonyl (C=O) groups is 1. The van der Waals surface area contributed by atoms with E-state index in [0.29, 0.717) is 13.1 Å². The molecule has 2 heterocycles. The second kappa shape index (κ2) is 6.69. The molecule has 8 heteroatoms. The molecule has 0 saturated carbocycles. The molecule has 0 radical (unpaired) electrons. The van der Waals surface area contributed by atoms with Crippen molar-refractivity contribution in [1.82, 2.24) is 15.1 Å². The number of aromatic nitrogens is 2. The number of hydrogen-bond donors (Lipinski definition) is 1. The summed E-state index contributed by atoms with van der Waals surface area (Å²) in [4.78, 5) is 23.2. The number of hydrogen-bond acceptors (Lipinski definition) is 5. The second-order valence-electron chi connectivity index (χ2n) is 5.61. The number of carbonyl (C=O) groups excluding carboxylic acids is 1. The largest absolute Gasteiger partial charge is 0.355 e. The molecule has 118 valence electrons. The van der Waals surface area contributed by atoms with E-state index in [0.717, 1.165) is 0 Å². The summed E-state index contributed by atoms with van der Waals surface area (Å²) in [6.07, 6.45) is 2.74. The number of nitro groups is 1. The van der Waals surface area contributed by atoms with Crippen LogP contribution >= 0.6 is 11.3 Å². The SMILES string of the molecule is CC(C)(CNC(=O)CCn1cc([N+](=O)[O-])cn1)c1cccs1. The summed E-state index contributed by atoms with van der Waals surface area (Å²) in [5.41, 5.74) is -0.187. The van der Waals surface area contributed by atoms with Crippen molar-refractivity contribution < 1.29 is 9.72 Å². The Labute approximate surface area is 132 Å².